The van der Waals surface area contributed by atoms with E-state index in [0.29, 0.717) is 6.54 Å². The van der Waals surface area contributed by atoms with Crippen molar-refractivity contribution in [1.29, 1.82) is 0 Å². The Balaban J connectivity index is 2.17. The van der Waals surface area contributed by atoms with Gasteiger partial charge >= 0.3 is 0 Å². The van der Waals surface area contributed by atoms with Gasteiger partial charge in [-0.05, 0) is 24.3 Å². The average Bonchev–Trinajstić information content (AvgIpc) is 2.31. The van der Waals surface area contributed by atoms with E-state index in [2.05, 4.69) is 15.9 Å². The average molecular weight is 286 g/mol. The van der Waals surface area contributed by atoms with Crippen LogP contribution in [0.5, 0.6) is 0 Å². The third kappa shape index (κ3) is 2.42. The molecule has 0 spiro atoms. The highest BCUT2D eigenvalue weighted by Gasteiger charge is 2.26. The molecule has 1 aromatic carbocycles. The lowest BCUT2D eigenvalue weighted by atomic mass is 10.2. The maximum absolute atomic E-state index is 11.6. The number of nitrogens with zero attached hydrogens (tertiary/aromatic N) is 1. The Hall–Kier alpha value is -0.910. The molecule has 0 saturated carbocycles. The summed E-state index contributed by atoms with van der Waals surface area (Å²) in [5.74, 6) is -0.0768. The van der Waals surface area contributed by atoms with Crippen LogP contribution in [0.25, 0.3) is 0 Å². The summed E-state index contributed by atoms with van der Waals surface area (Å²) < 4.78 is 6.13. The molecule has 1 aromatic rings. The molecule has 1 N–H and O–H groups in total. The van der Waals surface area contributed by atoms with Crippen LogP contribution in [0.15, 0.2) is 28.7 Å². The van der Waals surface area contributed by atoms with E-state index >= 15 is 0 Å². The minimum absolute atomic E-state index is 0.0291. The largest absolute Gasteiger partial charge is 0.394 e. The number of benzene rings is 1. The van der Waals surface area contributed by atoms with Gasteiger partial charge in [-0.1, -0.05) is 15.9 Å². The number of hydrogen-bond donors (Lipinski definition) is 1. The van der Waals surface area contributed by atoms with Crippen LogP contribution in [0.1, 0.15) is 0 Å². The van der Waals surface area contributed by atoms with Crippen molar-refractivity contribution in [3.8, 4) is 0 Å². The van der Waals surface area contributed by atoms with Crippen LogP contribution in [0.2, 0.25) is 0 Å². The molecule has 16 heavy (non-hydrogen) atoms. The molecule has 0 aromatic heterocycles. The summed E-state index contributed by atoms with van der Waals surface area (Å²) in [7, 11) is 0. The van der Waals surface area contributed by atoms with Gasteiger partial charge in [0.25, 0.3) is 5.91 Å². The highest BCUT2D eigenvalue weighted by molar-refractivity contribution is 9.10. The van der Waals surface area contributed by atoms with Gasteiger partial charge in [-0.3, -0.25) is 4.79 Å². The maximum Gasteiger partial charge on any atom is 0.253 e. The summed E-state index contributed by atoms with van der Waals surface area (Å²) in [6.45, 7) is 0.360. The zero-order valence-electron chi connectivity index (χ0n) is 8.60. The highest BCUT2D eigenvalue weighted by atomic mass is 79.9. The molecule has 1 heterocycles. The van der Waals surface area contributed by atoms with Crippen LogP contribution in [0, 0.1) is 0 Å². The predicted octanol–water partition coefficient (Wildman–Crippen LogP) is 1.17. The standard InChI is InChI=1S/C11H12BrNO3/c12-8-1-3-9(4-2-8)13-5-10(6-14)16-7-11(13)15/h1-4,10,14H,5-7H2. The summed E-state index contributed by atoms with van der Waals surface area (Å²) in [4.78, 5) is 13.3. The van der Waals surface area contributed by atoms with Gasteiger partial charge in [-0.15, -0.1) is 0 Å². The lowest BCUT2D eigenvalue weighted by Gasteiger charge is -2.31. The molecule has 0 radical (unpaired) electrons. The SMILES string of the molecule is O=C1COC(CO)CN1c1ccc(Br)cc1. The Bertz CT molecular complexity index is 379. The van der Waals surface area contributed by atoms with Crippen LogP contribution >= 0.6 is 15.9 Å². The first kappa shape index (κ1) is 11.6. The van der Waals surface area contributed by atoms with Crippen LogP contribution in [-0.4, -0.2) is 36.9 Å². The molecule has 1 unspecified atom stereocenters. The van der Waals surface area contributed by atoms with Crippen molar-refractivity contribution in [3.63, 3.8) is 0 Å². The van der Waals surface area contributed by atoms with Crippen molar-refractivity contribution in [2.24, 2.45) is 0 Å². The molecule has 0 aliphatic carbocycles. The fraction of sp³-hybridized carbons (Fsp3) is 0.364. The molecule has 1 amide bonds. The van der Waals surface area contributed by atoms with Crippen molar-refractivity contribution < 1.29 is 14.6 Å². The van der Waals surface area contributed by atoms with Crippen LogP contribution in [0.3, 0.4) is 0 Å². The van der Waals surface area contributed by atoms with Crippen molar-refractivity contribution in [2.45, 2.75) is 6.10 Å². The second kappa shape index (κ2) is 4.95. The monoisotopic (exact) mass is 285 g/mol. The minimum atomic E-state index is -0.290. The summed E-state index contributed by atoms with van der Waals surface area (Å²) in [6, 6.07) is 7.49. The molecule has 1 atom stereocenters. The minimum Gasteiger partial charge on any atom is -0.394 e. The number of aliphatic hydroxyl groups excluding tert-OH is 1. The van der Waals surface area contributed by atoms with Crippen molar-refractivity contribution in [2.75, 3.05) is 24.7 Å². The third-order valence-electron chi connectivity index (χ3n) is 2.47. The summed E-state index contributed by atoms with van der Waals surface area (Å²) in [5.41, 5.74) is 0.829. The highest BCUT2D eigenvalue weighted by Crippen LogP contribution is 2.21. The Kier molecular flexibility index (Phi) is 3.58. The lowest BCUT2D eigenvalue weighted by Crippen LogP contribution is -2.48. The fourth-order valence-electron chi connectivity index (χ4n) is 1.61. The van der Waals surface area contributed by atoms with Crippen molar-refractivity contribution in [1.82, 2.24) is 0 Å². The molecular formula is C11H12BrNO3. The molecule has 1 fully saturated rings. The second-order valence-corrected chi connectivity index (χ2v) is 4.51. The summed E-state index contributed by atoms with van der Waals surface area (Å²) >= 11 is 3.34. The number of aliphatic hydroxyl groups is 1. The van der Waals surface area contributed by atoms with Gasteiger partial charge in [-0.2, -0.15) is 0 Å². The quantitative estimate of drug-likeness (QED) is 0.888. The van der Waals surface area contributed by atoms with Gasteiger partial charge in [0.1, 0.15) is 6.61 Å². The normalized spacial score (nSPS) is 21.2. The number of carbonyl (C=O) groups excluding carboxylic acids is 1. The zero-order chi connectivity index (χ0) is 11.5. The van der Waals surface area contributed by atoms with E-state index in [-0.39, 0.29) is 25.2 Å². The van der Waals surface area contributed by atoms with Crippen LogP contribution in [-0.2, 0) is 9.53 Å². The molecule has 1 aliphatic heterocycles. The molecule has 4 nitrogen and oxygen atoms in total. The molecule has 0 bridgehead atoms. The van der Waals surface area contributed by atoms with Gasteiger partial charge in [0.2, 0.25) is 0 Å². The first-order chi connectivity index (χ1) is 7.70. The first-order valence-corrected chi connectivity index (χ1v) is 5.78. The van der Waals surface area contributed by atoms with E-state index < -0.39 is 0 Å². The molecule has 1 aliphatic rings. The number of morpholine rings is 1. The molecule has 1 saturated heterocycles. The summed E-state index contributed by atoms with van der Waals surface area (Å²) in [5, 5.41) is 9.02. The van der Waals surface area contributed by atoms with Gasteiger partial charge < -0.3 is 14.7 Å². The van der Waals surface area contributed by atoms with Gasteiger partial charge in [-0.25, -0.2) is 0 Å². The van der Waals surface area contributed by atoms with Crippen LogP contribution in [0.4, 0.5) is 5.69 Å². The van der Waals surface area contributed by atoms with E-state index in [9.17, 15) is 4.79 Å². The van der Waals surface area contributed by atoms with E-state index in [1.54, 1.807) is 4.90 Å². The molecular weight excluding hydrogens is 274 g/mol. The van der Waals surface area contributed by atoms with Crippen LogP contribution < -0.4 is 4.90 Å². The first-order valence-electron chi connectivity index (χ1n) is 4.99. The second-order valence-electron chi connectivity index (χ2n) is 3.60. The fourth-order valence-corrected chi connectivity index (χ4v) is 1.87. The van der Waals surface area contributed by atoms with E-state index in [0.717, 1.165) is 10.2 Å². The molecule has 5 heteroatoms. The smallest absolute Gasteiger partial charge is 0.253 e. The number of halogens is 1. The number of ether oxygens (including phenoxy) is 1. The topological polar surface area (TPSA) is 49.8 Å². The Morgan fingerprint density at radius 2 is 2.12 bits per heavy atom. The third-order valence-corrected chi connectivity index (χ3v) is 3.00. The van der Waals surface area contributed by atoms with E-state index in [1.165, 1.54) is 0 Å². The van der Waals surface area contributed by atoms with Gasteiger partial charge in [0.15, 0.2) is 0 Å². The summed E-state index contributed by atoms with van der Waals surface area (Å²) in [6.07, 6.45) is -0.290. The zero-order valence-corrected chi connectivity index (χ0v) is 10.2. The number of anilines is 1. The number of amides is 1. The maximum atomic E-state index is 11.6. The van der Waals surface area contributed by atoms with E-state index in [4.69, 9.17) is 9.84 Å². The van der Waals surface area contributed by atoms with Crippen molar-refractivity contribution >= 4 is 27.5 Å². The van der Waals surface area contributed by atoms with Gasteiger partial charge in [0, 0.05) is 10.2 Å². The van der Waals surface area contributed by atoms with Gasteiger partial charge in [0.05, 0.1) is 19.3 Å². The Morgan fingerprint density at radius 3 is 2.75 bits per heavy atom. The Labute approximate surface area is 102 Å². The number of rotatable bonds is 2. The molecule has 2 rings (SSSR count). The molecule has 86 valence electrons. The Morgan fingerprint density at radius 1 is 1.44 bits per heavy atom. The number of hydrogen-bond acceptors (Lipinski definition) is 3. The number of carbonyl (C=O) groups is 1. The van der Waals surface area contributed by atoms with Crippen molar-refractivity contribution in [3.05, 3.63) is 28.7 Å². The predicted molar refractivity (Wildman–Crippen MR) is 63.3 cm³/mol. The van der Waals surface area contributed by atoms with E-state index in [1.807, 2.05) is 24.3 Å². The lowest BCUT2D eigenvalue weighted by molar-refractivity contribution is -0.130.